The van der Waals surface area contributed by atoms with Crippen LogP contribution in [0.2, 0.25) is 0 Å². The lowest BCUT2D eigenvalue weighted by Gasteiger charge is -2.23. The molecule has 1 aromatic carbocycles. The molecule has 4 nitrogen and oxygen atoms in total. The van der Waals surface area contributed by atoms with E-state index in [2.05, 4.69) is 21.7 Å². The molecular weight excluding hydrogens is 318 g/mol. The molecular formula is C19H23N3OS. The first-order chi connectivity index (χ1) is 11.8. The molecule has 0 spiro atoms. The number of benzene rings is 1. The van der Waals surface area contributed by atoms with Crippen molar-refractivity contribution in [2.45, 2.75) is 23.8 Å². The topological polar surface area (TPSA) is 54.0 Å². The number of pyridine rings is 1. The van der Waals surface area contributed by atoms with Crippen molar-refractivity contribution in [3.63, 3.8) is 0 Å². The molecule has 1 amide bonds. The van der Waals surface area contributed by atoms with Crippen molar-refractivity contribution < 1.29 is 4.79 Å². The van der Waals surface area contributed by atoms with Crippen molar-refractivity contribution in [1.82, 2.24) is 15.6 Å². The maximum absolute atomic E-state index is 12.3. The zero-order valence-electron chi connectivity index (χ0n) is 13.7. The second kappa shape index (κ2) is 8.85. The third kappa shape index (κ3) is 4.82. The molecule has 2 heterocycles. The molecule has 126 valence electrons. The summed E-state index contributed by atoms with van der Waals surface area (Å²) < 4.78 is 0. The van der Waals surface area contributed by atoms with Crippen molar-refractivity contribution in [3.05, 3.63) is 59.8 Å². The fourth-order valence-electron chi connectivity index (χ4n) is 2.92. The van der Waals surface area contributed by atoms with Crippen molar-refractivity contribution in [2.24, 2.45) is 0 Å². The average Bonchev–Trinajstić information content (AvgIpc) is 2.67. The Hall–Kier alpha value is -1.85. The molecule has 0 saturated carbocycles. The SMILES string of the molecule is O=C(NCCSc1ccccn1)c1cccc([C@H]2CCCNC2)c1. The molecule has 0 unspecified atom stereocenters. The van der Waals surface area contributed by atoms with E-state index in [1.165, 1.54) is 18.4 Å². The smallest absolute Gasteiger partial charge is 0.251 e. The molecule has 1 saturated heterocycles. The Morgan fingerprint density at radius 3 is 3.04 bits per heavy atom. The molecule has 3 rings (SSSR count). The number of aromatic nitrogens is 1. The summed E-state index contributed by atoms with van der Waals surface area (Å²) in [6, 6.07) is 13.9. The summed E-state index contributed by atoms with van der Waals surface area (Å²) >= 11 is 1.65. The molecule has 2 aromatic rings. The predicted octanol–water partition coefficient (Wildman–Crippen LogP) is 3.07. The molecule has 5 heteroatoms. The Morgan fingerprint density at radius 1 is 1.29 bits per heavy atom. The molecule has 0 radical (unpaired) electrons. The third-order valence-electron chi connectivity index (χ3n) is 4.19. The summed E-state index contributed by atoms with van der Waals surface area (Å²) in [5, 5.41) is 7.41. The van der Waals surface area contributed by atoms with Gasteiger partial charge in [-0.15, -0.1) is 11.8 Å². The quantitative estimate of drug-likeness (QED) is 0.626. The molecule has 24 heavy (non-hydrogen) atoms. The van der Waals surface area contributed by atoms with E-state index in [1.54, 1.807) is 18.0 Å². The first-order valence-corrected chi connectivity index (χ1v) is 9.44. The van der Waals surface area contributed by atoms with Crippen LogP contribution in [0.25, 0.3) is 0 Å². The van der Waals surface area contributed by atoms with Gasteiger partial charge >= 0.3 is 0 Å². The van der Waals surface area contributed by atoms with Crippen LogP contribution in [0.1, 0.15) is 34.7 Å². The predicted molar refractivity (Wildman–Crippen MR) is 98.6 cm³/mol. The zero-order chi connectivity index (χ0) is 16.6. The van der Waals surface area contributed by atoms with E-state index >= 15 is 0 Å². The fraction of sp³-hybridized carbons (Fsp3) is 0.368. The number of piperidine rings is 1. The van der Waals surface area contributed by atoms with Gasteiger partial charge in [0.2, 0.25) is 0 Å². The number of rotatable bonds is 6. The number of nitrogens with zero attached hydrogens (tertiary/aromatic N) is 1. The maximum Gasteiger partial charge on any atom is 0.251 e. The van der Waals surface area contributed by atoms with Crippen LogP contribution in [0, 0.1) is 0 Å². The number of hydrogen-bond donors (Lipinski definition) is 2. The van der Waals surface area contributed by atoms with Crippen LogP contribution in [0.5, 0.6) is 0 Å². The number of thioether (sulfide) groups is 1. The van der Waals surface area contributed by atoms with Crippen molar-refractivity contribution >= 4 is 17.7 Å². The van der Waals surface area contributed by atoms with Crippen LogP contribution < -0.4 is 10.6 Å². The van der Waals surface area contributed by atoms with E-state index in [1.807, 2.05) is 36.4 Å². The van der Waals surface area contributed by atoms with Crippen LogP contribution >= 0.6 is 11.8 Å². The molecule has 1 fully saturated rings. The van der Waals surface area contributed by atoms with Gasteiger partial charge in [-0.2, -0.15) is 0 Å². The summed E-state index contributed by atoms with van der Waals surface area (Å²) in [5.41, 5.74) is 2.01. The van der Waals surface area contributed by atoms with Crippen LogP contribution in [0.15, 0.2) is 53.7 Å². The Bertz CT molecular complexity index is 657. The Morgan fingerprint density at radius 2 is 2.25 bits per heavy atom. The lowest BCUT2D eigenvalue weighted by Crippen LogP contribution is -2.29. The van der Waals surface area contributed by atoms with Crippen molar-refractivity contribution in [3.8, 4) is 0 Å². The van der Waals surface area contributed by atoms with Crippen molar-refractivity contribution in [2.75, 3.05) is 25.4 Å². The Labute approximate surface area is 147 Å². The van der Waals surface area contributed by atoms with Gasteiger partial charge < -0.3 is 10.6 Å². The van der Waals surface area contributed by atoms with Crippen LogP contribution in [0.4, 0.5) is 0 Å². The monoisotopic (exact) mass is 341 g/mol. The summed E-state index contributed by atoms with van der Waals surface area (Å²) in [6.45, 7) is 2.74. The zero-order valence-corrected chi connectivity index (χ0v) is 14.5. The largest absolute Gasteiger partial charge is 0.351 e. The molecule has 2 N–H and O–H groups in total. The molecule has 1 atom stereocenters. The standard InChI is InChI=1S/C19H23N3OS/c23-19(22-11-12-24-18-8-1-2-10-21-18)16-6-3-5-15(13-16)17-7-4-9-20-14-17/h1-3,5-6,8,10,13,17,20H,4,7,9,11-12,14H2,(H,22,23)/t17-/m0/s1. The molecule has 1 aromatic heterocycles. The Kier molecular flexibility index (Phi) is 6.26. The van der Waals surface area contributed by atoms with Gasteiger partial charge in [0, 0.05) is 30.6 Å². The third-order valence-corrected chi connectivity index (χ3v) is 5.14. The maximum atomic E-state index is 12.3. The van der Waals surface area contributed by atoms with Gasteiger partial charge in [-0.05, 0) is 55.1 Å². The van der Waals surface area contributed by atoms with E-state index in [9.17, 15) is 4.79 Å². The summed E-state index contributed by atoms with van der Waals surface area (Å²) in [6.07, 6.45) is 4.18. The minimum Gasteiger partial charge on any atom is -0.351 e. The first-order valence-electron chi connectivity index (χ1n) is 8.45. The van der Waals surface area contributed by atoms with Gasteiger partial charge in [-0.1, -0.05) is 18.2 Å². The van der Waals surface area contributed by atoms with Gasteiger partial charge in [0.05, 0.1) is 5.03 Å². The number of carbonyl (C=O) groups is 1. The minimum atomic E-state index is 0.00207. The second-order valence-corrected chi connectivity index (χ2v) is 7.06. The summed E-state index contributed by atoms with van der Waals surface area (Å²) in [5.74, 6) is 1.34. The molecule has 0 bridgehead atoms. The van der Waals surface area contributed by atoms with Gasteiger partial charge in [-0.3, -0.25) is 4.79 Å². The van der Waals surface area contributed by atoms with Crippen LogP contribution in [-0.2, 0) is 0 Å². The number of nitrogens with one attached hydrogen (secondary N) is 2. The molecule has 1 aliphatic rings. The molecule has 1 aliphatic heterocycles. The molecule has 0 aliphatic carbocycles. The summed E-state index contributed by atoms with van der Waals surface area (Å²) in [4.78, 5) is 16.6. The highest BCUT2D eigenvalue weighted by molar-refractivity contribution is 7.99. The number of hydrogen-bond acceptors (Lipinski definition) is 4. The number of amides is 1. The fourth-order valence-corrected chi connectivity index (χ4v) is 3.65. The van der Waals surface area contributed by atoms with Gasteiger partial charge in [0.1, 0.15) is 0 Å². The van der Waals surface area contributed by atoms with E-state index in [-0.39, 0.29) is 5.91 Å². The normalized spacial score (nSPS) is 17.4. The Balaban J connectivity index is 1.49. The van der Waals surface area contributed by atoms with E-state index < -0.39 is 0 Å². The van der Waals surface area contributed by atoms with E-state index in [4.69, 9.17) is 0 Å². The lowest BCUT2D eigenvalue weighted by molar-refractivity contribution is 0.0956. The van der Waals surface area contributed by atoms with Crippen LogP contribution in [0.3, 0.4) is 0 Å². The number of carbonyl (C=O) groups excluding carboxylic acids is 1. The van der Waals surface area contributed by atoms with Crippen molar-refractivity contribution in [1.29, 1.82) is 0 Å². The average molecular weight is 341 g/mol. The highest BCUT2D eigenvalue weighted by Crippen LogP contribution is 2.23. The van der Waals surface area contributed by atoms with Gasteiger partial charge in [0.15, 0.2) is 0 Å². The van der Waals surface area contributed by atoms with E-state index in [0.29, 0.717) is 12.5 Å². The lowest BCUT2D eigenvalue weighted by atomic mass is 9.90. The first kappa shape index (κ1) is 17.0. The van der Waals surface area contributed by atoms with E-state index in [0.717, 1.165) is 29.4 Å². The van der Waals surface area contributed by atoms with Crippen LogP contribution in [-0.4, -0.2) is 36.3 Å². The highest BCUT2D eigenvalue weighted by atomic mass is 32.2. The minimum absolute atomic E-state index is 0.00207. The second-order valence-electron chi connectivity index (χ2n) is 5.94. The highest BCUT2D eigenvalue weighted by Gasteiger charge is 2.16. The van der Waals surface area contributed by atoms with Gasteiger partial charge in [0.25, 0.3) is 5.91 Å². The van der Waals surface area contributed by atoms with Gasteiger partial charge in [-0.25, -0.2) is 4.98 Å². The summed E-state index contributed by atoms with van der Waals surface area (Å²) in [7, 11) is 0.